The van der Waals surface area contributed by atoms with Crippen molar-refractivity contribution in [3.63, 3.8) is 0 Å². The summed E-state index contributed by atoms with van der Waals surface area (Å²) in [4.78, 5) is 0. The molecule has 0 radical (unpaired) electrons. The summed E-state index contributed by atoms with van der Waals surface area (Å²) in [6.07, 6.45) is 0. The smallest absolute Gasteiger partial charge is 0.0159 e. The summed E-state index contributed by atoms with van der Waals surface area (Å²) in [6, 6.07) is 38.7. The van der Waals surface area contributed by atoms with Gasteiger partial charge < -0.3 is 0 Å². The van der Waals surface area contributed by atoms with E-state index in [1.165, 1.54) is 72.3 Å². The van der Waals surface area contributed by atoms with Crippen LogP contribution in [0.1, 0.15) is 55.5 Å². The lowest BCUT2D eigenvalue weighted by Crippen LogP contribution is -2.15. The van der Waals surface area contributed by atoms with Gasteiger partial charge in [0.25, 0.3) is 0 Å². The number of benzene rings is 5. The van der Waals surface area contributed by atoms with Crippen LogP contribution in [0.25, 0.3) is 44.5 Å². The lowest BCUT2D eigenvalue weighted by molar-refractivity contribution is 0.659. The summed E-state index contributed by atoms with van der Waals surface area (Å²) in [5, 5.41) is 0. The second-order valence-corrected chi connectivity index (χ2v) is 11.9. The minimum Gasteiger partial charge on any atom is -0.0622 e. The predicted octanol–water partition coefficient (Wildman–Crippen LogP) is 9.94. The molecule has 0 aliphatic heterocycles. The zero-order valence-corrected chi connectivity index (χ0v) is 22.3. The van der Waals surface area contributed by atoms with Crippen LogP contribution in [0.5, 0.6) is 0 Å². The predicted molar refractivity (Wildman–Crippen MR) is 157 cm³/mol. The highest BCUT2D eigenvalue weighted by Crippen LogP contribution is 2.53. The van der Waals surface area contributed by atoms with Crippen LogP contribution in [0.3, 0.4) is 0 Å². The van der Waals surface area contributed by atoms with Crippen LogP contribution in [0, 0.1) is 6.92 Å². The Morgan fingerprint density at radius 3 is 1.65 bits per heavy atom. The summed E-state index contributed by atoms with van der Waals surface area (Å²) in [6.45, 7) is 11.8. The van der Waals surface area contributed by atoms with Crippen molar-refractivity contribution in [3.8, 4) is 44.5 Å². The first kappa shape index (κ1) is 22.3. The molecule has 0 N–H and O–H groups in total. The maximum atomic E-state index is 2.47. The maximum Gasteiger partial charge on any atom is 0.0159 e. The third kappa shape index (κ3) is 3.08. The van der Waals surface area contributed by atoms with Crippen LogP contribution < -0.4 is 0 Å². The van der Waals surface area contributed by atoms with Crippen LogP contribution in [0.4, 0.5) is 0 Å². The van der Waals surface area contributed by atoms with Gasteiger partial charge in [-0.05, 0) is 97.4 Å². The molecule has 0 atom stereocenters. The van der Waals surface area contributed by atoms with E-state index >= 15 is 0 Å². The first-order valence-corrected chi connectivity index (χ1v) is 13.4. The topological polar surface area (TPSA) is 0 Å². The fourth-order valence-corrected chi connectivity index (χ4v) is 6.88. The normalized spacial score (nSPS) is 15.6. The molecule has 0 amide bonds. The van der Waals surface area contributed by atoms with Crippen molar-refractivity contribution in [2.75, 3.05) is 0 Å². The molecular weight excluding hydrogens is 444 g/mol. The molecule has 0 saturated carbocycles. The molecule has 7 rings (SSSR count). The molecule has 0 heterocycles. The van der Waals surface area contributed by atoms with Crippen LogP contribution in [-0.4, -0.2) is 0 Å². The number of hydrogen-bond donors (Lipinski definition) is 0. The molecule has 5 aromatic carbocycles. The monoisotopic (exact) mass is 476 g/mol. The minimum atomic E-state index is -0.0500. The first-order chi connectivity index (χ1) is 17.8. The molecule has 0 bridgehead atoms. The Balaban J connectivity index is 1.35. The molecule has 2 aliphatic carbocycles. The van der Waals surface area contributed by atoms with Gasteiger partial charge in [-0.25, -0.2) is 0 Å². The van der Waals surface area contributed by atoms with E-state index < -0.39 is 0 Å². The van der Waals surface area contributed by atoms with E-state index in [-0.39, 0.29) is 10.8 Å². The number of hydrogen-bond acceptors (Lipinski definition) is 0. The van der Waals surface area contributed by atoms with Crippen molar-refractivity contribution in [1.82, 2.24) is 0 Å². The molecule has 0 spiro atoms. The van der Waals surface area contributed by atoms with Gasteiger partial charge in [0.1, 0.15) is 0 Å². The fraction of sp³-hybridized carbons (Fsp3) is 0.189. The molecule has 0 nitrogen and oxygen atoms in total. The first-order valence-electron chi connectivity index (χ1n) is 13.4. The fourth-order valence-electron chi connectivity index (χ4n) is 6.88. The van der Waals surface area contributed by atoms with Crippen molar-refractivity contribution < 1.29 is 0 Å². The second kappa shape index (κ2) is 7.56. The minimum absolute atomic E-state index is 0.00838. The van der Waals surface area contributed by atoms with E-state index in [2.05, 4.69) is 138 Å². The third-order valence-corrected chi connectivity index (χ3v) is 9.02. The van der Waals surface area contributed by atoms with E-state index in [0.29, 0.717) is 0 Å². The van der Waals surface area contributed by atoms with E-state index in [1.807, 2.05) is 0 Å². The third-order valence-electron chi connectivity index (χ3n) is 9.02. The highest BCUT2D eigenvalue weighted by molar-refractivity contribution is 5.88. The largest absolute Gasteiger partial charge is 0.0622 e. The van der Waals surface area contributed by atoms with Crippen LogP contribution in [0.2, 0.25) is 0 Å². The van der Waals surface area contributed by atoms with Crippen LogP contribution in [-0.2, 0) is 10.8 Å². The molecule has 2 aliphatic rings. The van der Waals surface area contributed by atoms with Gasteiger partial charge in [-0.15, -0.1) is 0 Å². The summed E-state index contributed by atoms with van der Waals surface area (Å²) in [7, 11) is 0. The van der Waals surface area contributed by atoms with Crippen LogP contribution in [0.15, 0.2) is 103 Å². The zero-order chi connectivity index (χ0) is 25.5. The molecular formula is C37H32. The molecule has 0 unspecified atom stereocenters. The van der Waals surface area contributed by atoms with Gasteiger partial charge in [0.05, 0.1) is 0 Å². The second-order valence-electron chi connectivity index (χ2n) is 11.9. The van der Waals surface area contributed by atoms with Gasteiger partial charge >= 0.3 is 0 Å². The summed E-state index contributed by atoms with van der Waals surface area (Å²) in [5.41, 5.74) is 17.7. The number of rotatable bonds is 2. The SMILES string of the molecule is Cc1cc2c(cc1-c1ccc3c(c1)C(C)(C)c1cc(-c4ccccc4)ccc1-3)C(C)(C)c1ccccc1-2. The molecule has 0 saturated heterocycles. The average Bonchev–Trinajstić information content (AvgIpc) is 3.27. The van der Waals surface area contributed by atoms with Crippen LogP contribution >= 0.6 is 0 Å². The Bertz CT molecular complexity index is 1710. The van der Waals surface area contributed by atoms with E-state index in [4.69, 9.17) is 0 Å². The van der Waals surface area contributed by atoms with Gasteiger partial charge in [0, 0.05) is 10.8 Å². The van der Waals surface area contributed by atoms with Crippen molar-refractivity contribution in [2.45, 2.75) is 45.4 Å². The Morgan fingerprint density at radius 2 is 0.919 bits per heavy atom. The van der Waals surface area contributed by atoms with E-state index in [1.54, 1.807) is 0 Å². The van der Waals surface area contributed by atoms with E-state index in [0.717, 1.165) is 0 Å². The Labute approximate surface area is 220 Å². The highest BCUT2D eigenvalue weighted by Gasteiger charge is 2.37. The lowest BCUT2D eigenvalue weighted by atomic mass is 9.79. The molecule has 0 heteroatoms. The molecule has 0 fully saturated rings. The standard InChI is InChI=1S/C37H32/c1-23-19-31-27-13-9-10-14-32(27)36(2,3)35(31)22-30(23)26-16-18-29-28-17-15-25(24-11-7-6-8-12-24)20-33(28)37(4,5)34(29)21-26/h6-22H,1-5H3. The summed E-state index contributed by atoms with van der Waals surface area (Å²) < 4.78 is 0. The van der Waals surface area contributed by atoms with Crippen molar-refractivity contribution >= 4 is 0 Å². The van der Waals surface area contributed by atoms with Gasteiger partial charge in [-0.3, -0.25) is 0 Å². The van der Waals surface area contributed by atoms with Gasteiger partial charge in [0.15, 0.2) is 0 Å². The Morgan fingerprint density at radius 1 is 0.378 bits per heavy atom. The highest BCUT2D eigenvalue weighted by atomic mass is 14.4. The van der Waals surface area contributed by atoms with Crippen molar-refractivity contribution in [2.24, 2.45) is 0 Å². The molecule has 37 heavy (non-hydrogen) atoms. The number of aryl methyl sites for hydroxylation is 1. The van der Waals surface area contributed by atoms with Crippen molar-refractivity contribution in [3.05, 3.63) is 131 Å². The average molecular weight is 477 g/mol. The molecule has 180 valence electrons. The number of fused-ring (bicyclic) bond motifs is 6. The summed E-state index contributed by atoms with van der Waals surface area (Å²) in [5.74, 6) is 0. The van der Waals surface area contributed by atoms with E-state index in [9.17, 15) is 0 Å². The van der Waals surface area contributed by atoms with Gasteiger partial charge in [-0.2, -0.15) is 0 Å². The Hall–Kier alpha value is -3.90. The zero-order valence-electron chi connectivity index (χ0n) is 22.3. The summed E-state index contributed by atoms with van der Waals surface area (Å²) >= 11 is 0. The quantitative estimate of drug-likeness (QED) is 0.238. The lowest BCUT2D eigenvalue weighted by Gasteiger charge is -2.24. The molecule has 0 aromatic heterocycles. The Kier molecular flexibility index (Phi) is 4.56. The molecule has 5 aromatic rings. The maximum absolute atomic E-state index is 2.47. The van der Waals surface area contributed by atoms with Gasteiger partial charge in [0.2, 0.25) is 0 Å². The van der Waals surface area contributed by atoms with Crippen molar-refractivity contribution in [1.29, 1.82) is 0 Å². The van der Waals surface area contributed by atoms with Gasteiger partial charge in [-0.1, -0.05) is 113 Å².